The molecule has 1 unspecified atom stereocenters. The van der Waals surface area contributed by atoms with Gasteiger partial charge >= 0.3 is 0 Å². The number of aromatic nitrogens is 1. The summed E-state index contributed by atoms with van der Waals surface area (Å²) in [4.78, 5) is 21.0. The molecule has 33 heavy (non-hydrogen) atoms. The van der Waals surface area contributed by atoms with Gasteiger partial charge in [0.2, 0.25) is 0 Å². The number of sulfonamides is 1. The van der Waals surface area contributed by atoms with Gasteiger partial charge in [-0.25, -0.2) is 8.42 Å². The van der Waals surface area contributed by atoms with E-state index < -0.39 is 10.0 Å². The summed E-state index contributed by atoms with van der Waals surface area (Å²) in [6.07, 6.45) is 3.02. The molecule has 4 rings (SSSR count). The molecule has 0 spiro atoms. The number of carbonyl (C=O) groups is 1. The van der Waals surface area contributed by atoms with Crippen LogP contribution in [0.5, 0.6) is 0 Å². The smallest absolute Gasteiger partial charge is 0.261 e. The maximum absolute atomic E-state index is 13.0. The molecule has 0 bridgehead atoms. The molecule has 2 heterocycles. The number of nitrogens with zero attached hydrogens (tertiary/aromatic N) is 3. The first-order valence-corrected chi connectivity index (χ1v) is 12.5. The third-order valence-electron chi connectivity index (χ3n) is 5.85. The van der Waals surface area contributed by atoms with Crippen LogP contribution in [-0.2, 0) is 10.0 Å². The molecular formula is C24H25ClN4O3S. The number of hydrogen-bond donors (Lipinski definition) is 1. The Balaban J connectivity index is 1.38. The van der Waals surface area contributed by atoms with Crippen LogP contribution in [0.4, 0.5) is 5.69 Å². The van der Waals surface area contributed by atoms with Crippen molar-refractivity contribution in [3.63, 3.8) is 0 Å². The summed E-state index contributed by atoms with van der Waals surface area (Å²) in [6.45, 7) is 4.79. The lowest BCUT2D eigenvalue weighted by Crippen LogP contribution is -2.49. The second-order valence-corrected chi connectivity index (χ2v) is 9.98. The molecule has 1 N–H and O–H groups in total. The second kappa shape index (κ2) is 9.91. The summed E-state index contributed by atoms with van der Waals surface area (Å²) in [7, 11) is -3.75. The molecule has 1 aliphatic heterocycles. The summed E-state index contributed by atoms with van der Waals surface area (Å²) >= 11 is 6.35. The number of benzene rings is 2. The summed E-state index contributed by atoms with van der Waals surface area (Å²) in [5.74, 6) is -0.105. The molecule has 7 nitrogen and oxygen atoms in total. The minimum atomic E-state index is -3.75. The fraction of sp³-hybridized carbons (Fsp3) is 0.250. The Labute approximate surface area is 199 Å². The van der Waals surface area contributed by atoms with E-state index in [2.05, 4.69) is 21.5 Å². The Hall–Kier alpha value is -2.94. The highest BCUT2D eigenvalue weighted by atomic mass is 35.5. The zero-order valence-electron chi connectivity index (χ0n) is 18.2. The van der Waals surface area contributed by atoms with E-state index in [0.717, 1.165) is 23.7 Å². The van der Waals surface area contributed by atoms with Gasteiger partial charge in [0, 0.05) is 55.2 Å². The number of amides is 1. The van der Waals surface area contributed by atoms with Gasteiger partial charge in [-0.1, -0.05) is 29.8 Å². The van der Waals surface area contributed by atoms with Gasteiger partial charge in [0.1, 0.15) is 0 Å². The number of nitrogens with one attached hydrogen (secondary N) is 1. The van der Waals surface area contributed by atoms with Gasteiger partial charge < -0.3 is 4.90 Å². The average molecular weight is 485 g/mol. The maximum atomic E-state index is 13.0. The van der Waals surface area contributed by atoms with Gasteiger partial charge in [0.15, 0.2) is 0 Å². The number of pyridine rings is 1. The molecule has 1 fully saturated rings. The van der Waals surface area contributed by atoms with Crippen LogP contribution in [0.2, 0.25) is 5.02 Å². The highest BCUT2D eigenvalue weighted by Crippen LogP contribution is 2.28. The van der Waals surface area contributed by atoms with Gasteiger partial charge in [-0.2, -0.15) is 0 Å². The van der Waals surface area contributed by atoms with Crippen molar-refractivity contribution in [3.05, 3.63) is 89.2 Å². The molecule has 1 aliphatic rings. The predicted molar refractivity (Wildman–Crippen MR) is 129 cm³/mol. The summed E-state index contributed by atoms with van der Waals surface area (Å²) in [5.41, 5.74) is 1.97. The third kappa shape index (κ3) is 5.35. The number of halogens is 1. The van der Waals surface area contributed by atoms with Crippen LogP contribution < -0.4 is 4.72 Å². The molecule has 0 saturated carbocycles. The highest BCUT2D eigenvalue weighted by Gasteiger charge is 2.26. The van der Waals surface area contributed by atoms with Crippen LogP contribution in [0.25, 0.3) is 0 Å². The van der Waals surface area contributed by atoms with Crippen molar-refractivity contribution in [2.45, 2.75) is 17.9 Å². The lowest BCUT2D eigenvalue weighted by molar-refractivity contribution is 0.0582. The zero-order valence-corrected chi connectivity index (χ0v) is 19.8. The first-order valence-electron chi connectivity index (χ1n) is 10.7. The molecule has 1 amide bonds. The van der Waals surface area contributed by atoms with E-state index in [1.165, 1.54) is 24.5 Å². The molecule has 0 aliphatic carbocycles. The lowest BCUT2D eigenvalue weighted by Gasteiger charge is -2.38. The van der Waals surface area contributed by atoms with Crippen LogP contribution >= 0.6 is 11.6 Å². The van der Waals surface area contributed by atoms with Crippen molar-refractivity contribution in [2.75, 3.05) is 30.9 Å². The van der Waals surface area contributed by atoms with Gasteiger partial charge in [-0.15, -0.1) is 0 Å². The molecule has 2 aromatic carbocycles. The summed E-state index contributed by atoms with van der Waals surface area (Å²) < 4.78 is 27.7. The molecule has 9 heteroatoms. The Bertz CT molecular complexity index is 1210. The van der Waals surface area contributed by atoms with Gasteiger partial charge in [0.25, 0.3) is 15.9 Å². The number of anilines is 1. The minimum Gasteiger partial charge on any atom is -0.336 e. The topological polar surface area (TPSA) is 82.6 Å². The molecule has 172 valence electrons. The van der Waals surface area contributed by atoms with Crippen LogP contribution in [0.15, 0.2) is 78.0 Å². The summed E-state index contributed by atoms with van der Waals surface area (Å²) in [6, 6.07) is 17.1. The van der Waals surface area contributed by atoms with E-state index in [1.54, 1.807) is 29.2 Å². The number of hydrogen-bond acceptors (Lipinski definition) is 5. The molecule has 1 saturated heterocycles. The quantitative estimate of drug-likeness (QED) is 0.570. The minimum absolute atomic E-state index is 0.0919. The van der Waals surface area contributed by atoms with Gasteiger partial charge in [-0.05, 0) is 55.0 Å². The molecule has 3 aromatic rings. The largest absolute Gasteiger partial charge is 0.336 e. The Morgan fingerprint density at radius 2 is 1.61 bits per heavy atom. The van der Waals surface area contributed by atoms with E-state index in [9.17, 15) is 13.2 Å². The van der Waals surface area contributed by atoms with E-state index in [1.807, 2.05) is 24.3 Å². The average Bonchev–Trinajstić information content (AvgIpc) is 2.84. The monoisotopic (exact) mass is 484 g/mol. The second-order valence-electron chi connectivity index (χ2n) is 7.89. The van der Waals surface area contributed by atoms with Crippen molar-refractivity contribution in [1.29, 1.82) is 0 Å². The van der Waals surface area contributed by atoms with Gasteiger partial charge in [0.05, 0.1) is 10.6 Å². The van der Waals surface area contributed by atoms with E-state index in [0.29, 0.717) is 24.3 Å². The normalized spacial score (nSPS) is 15.8. The molecule has 0 radical (unpaired) electrons. The van der Waals surface area contributed by atoms with E-state index in [-0.39, 0.29) is 16.8 Å². The van der Waals surface area contributed by atoms with E-state index >= 15 is 0 Å². The third-order valence-corrected chi connectivity index (χ3v) is 7.59. The first kappa shape index (κ1) is 23.2. The Morgan fingerprint density at radius 3 is 2.24 bits per heavy atom. The number of rotatable bonds is 6. The molecule has 1 aromatic heterocycles. The van der Waals surface area contributed by atoms with Crippen molar-refractivity contribution < 1.29 is 13.2 Å². The van der Waals surface area contributed by atoms with Crippen molar-refractivity contribution in [1.82, 2.24) is 14.8 Å². The predicted octanol–water partition coefficient (Wildman–Crippen LogP) is 4.05. The van der Waals surface area contributed by atoms with Crippen molar-refractivity contribution >= 4 is 33.2 Å². The van der Waals surface area contributed by atoms with Crippen LogP contribution in [0.3, 0.4) is 0 Å². The molecular weight excluding hydrogens is 460 g/mol. The number of piperazine rings is 1. The Morgan fingerprint density at radius 1 is 0.970 bits per heavy atom. The maximum Gasteiger partial charge on any atom is 0.261 e. The lowest BCUT2D eigenvalue weighted by atomic mass is 10.1. The first-order chi connectivity index (χ1) is 15.8. The summed E-state index contributed by atoms with van der Waals surface area (Å²) in [5, 5.41) is 0.747. The Kier molecular flexibility index (Phi) is 6.97. The highest BCUT2D eigenvalue weighted by molar-refractivity contribution is 7.92. The van der Waals surface area contributed by atoms with Crippen LogP contribution in [0, 0.1) is 0 Å². The van der Waals surface area contributed by atoms with Crippen LogP contribution in [0.1, 0.15) is 28.9 Å². The molecule has 1 atom stereocenters. The SMILES string of the molecule is CC(c1ccccc1Cl)N1CCN(C(=O)c2ccc(S(=O)(=O)Nc3ccncc3)cc2)CC1. The standard InChI is InChI=1S/C24H25ClN4O3S/c1-18(22-4-2-3-5-23(22)25)28-14-16-29(17-15-28)24(30)19-6-8-21(9-7-19)33(31,32)27-20-10-12-26-13-11-20/h2-13,18H,14-17H2,1H3,(H,26,27). The number of carbonyl (C=O) groups excluding carboxylic acids is 1. The van der Waals surface area contributed by atoms with Crippen LogP contribution in [-0.4, -0.2) is 55.3 Å². The zero-order chi connectivity index (χ0) is 23.4. The van der Waals surface area contributed by atoms with E-state index in [4.69, 9.17) is 11.6 Å². The van der Waals surface area contributed by atoms with Gasteiger partial charge in [-0.3, -0.25) is 19.4 Å². The van der Waals surface area contributed by atoms with Crippen molar-refractivity contribution in [2.24, 2.45) is 0 Å². The van der Waals surface area contributed by atoms with Crippen molar-refractivity contribution in [3.8, 4) is 0 Å². The fourth-order valence-electron chi connectivity index (χ4n) is 3.92. The fourth-order valence-corrected chi connectivity index (χ4v) is 5.27.